The maximum absolute atomic E-state index is 12.7. The zero-order valence-electron chi connectivity index (χ0n) is 6.30. The molecule has 0 aliphatic carbocycles. The topological polar surface area (TPSA) is 37.3 Å². The highest BCUT2D eigenvalue weighted by Gasteiger charge is 2.25. The van der Waals surface area contributed by atoms with Gasteiger partial charge in [-0.3, -0.25) is 0 Å². The highest BCUT2D eigenvalue weighted by Crippen LogP contribution is 2.23. The van der Waals surface area contributed by atoms with Gasteiger partial charge in [-0.05, 0) is 12.1 Å². The van der Waals surface area contributed by atoms with Crippen LogP contribution in [0.15, 0.2) is 18.2 Å². The Morgan fingerprint density at radius 1 is 1.31 bits per heavy atom. The molecule has 70 valence electrons. The summed E-state index contributed by atoms with van der Waals surface area (Å²) in [6.45, 7) is 0. The molecule has 0 aliphatic rings. The molecule has 2 nitrogen and oxygen atoms in total. The number of carboxylic acids is 1. The predicted molar refractivity (Wildman–Crippen MR) is 37.8 cm³/mol. The van der Waals surface area contributed by atoms with E-state index in [4.69, 9.17) is 5.11 Å². The molecule has 0 aromatic heterocycles. The van der Waals surface area contributed by atoms with Crippen LogP contribution in [0.3, 0.4) is 0 Å². The second kappa shape index (κ2) is 3.47. The van der Waals surface area contributed by atoms with Gasteiger partial charge in [0.15, 0.2) is 0 Å². The van der Waals surface area contributed by atoms with E-state index >= 15 is 0 Å². The van der Waals surface area contributed by atoms with Crippen molar-refractivity contribution >= 4 is 5.97 Å². The molecule has 1 rings (SSSR count). The molecule has 0 saturated heterocycles. The van der Waals surface area contributed by atoms with E-state index in [1.165, 1.54) is 0 Å². The number of benzene rings is 1. The van der Waals surface area contributed by atoms with E-state index in [0.717, 1.165) is 18.2 Å². The van der Waals surface area contributed by atoms with Crippen LogP contribution in [-0.4, -0.2) is 11.1 Å². The molecule has 0 aliphatic heterocycles. The van der Waals surface area contributed by atoms with Crippen molar-refractivity contribution in [2.75, 3.05) is 0 Å². The second-order valence-electron chi connectivity index (χ2n) is 2.34. The molecule has 0 amide bonds. The summed E-state index contributed by atoms with van der Waals surface area (Å²) in [5, 5.41) is 8.18. The summed E-state index contributed by atoms with van der Waals surface area (Å²) in [5.41, 5.74) is -1.06. The maximum atomic E-state index is 12.7. The van der Waals surface area contributed by atoms with Gasteiger partial charge in [0, 0.05) is 0 Å². The monoisotopic (exact) mass is 190 g/mol. The quantitative estimate of drug-likeness (QED) is 0.774. The summed E-state index contributed by atoms with van der Waals surface area (Å²) < 4.78 is 38.1. The molecule has 0 bridgehead atoms. The van der Waals surface area contributed by atoms with Gasteiger partial charge >= 0.3 is 5.97 Å². The van der Waals surface area contributed by atoms with Crippen LogP contribution in [-0.2, 0) is 4.79 Å². The highest BCUT2D eigenvalue weighted by molar-refractivity contribution is 5.74. The molecule has 1 aromatic rings. The van der Waals surface area contributed by atoms with Crippen LogP contribution in [0.4, 0.5) is 13.2 Å². The zero-order chi connectivity index (χ0) is 10.0. The molecule has 13 heavy (non-hydrogen) atoms. The molecular weight excluding hydrogens is 185 g/mol. The Morgan fingerprint density at radius 2 is 1.77 bits per heavy atom. The van der Waals surface area contributed by atoms with Gasteiger partial charge in [0.25, 0.3) is 0 Å². The van der Waals surface area contributed by atoms with Gasteiger partial charge < -0.3 is 5.11 Å². The van der Waals surface area contributed by atoms with E-state index < -0.39 is 29.3 Å². The molecule has 0 spiro atoms. The van der Waals surface area contributed by atoms with E-state index in [-0.39, 0.29) is 0 Å². The molecule has 0 radical (unpaired) electrons. The predicted octanol–water partition coefficient (Wildman–Crippen LogP) is 2.06. The van der Waals surface area contributed by atoms with Crippen molar-refractivity contribution in [3.8, 4) is 0 Å². The fraction of sp³-hybridized carbons (Fsp3) is 0.125. The van der Waals surface area contributed by atoms with E-state index in [1.807, 2.05) is 0 Å². The van der Waals surface area contributed by atoms with Gasteiger partial charge in [0.1, 0.15) is 11.6 Å². The minimum atomic E-state index is -2.67. The smallest absolute Gasteiger partial charge is 0.343 e. The average molecular weight is 190 g/mol. The summed E-state index contributed by atoms with van der Waals surface area (Å²) in [7, 11) is 0. The van der Waals surface area contributed by atoms with Crippen LogP contribution in [0, 0.1) is 11.6 Å². The number of carbonyl (C=O) groups is 1. The first-order valence-electron chi connectivity index (χ1n) is 3.35. The molecule has 0 unspecified atom stereocenters. The summed E-state index contributed by atoms with van der Waals surface area (Å²) in [6.07, 6.45) is -2.67. The van der Waals surface area contributed by atoms with Crippen molar-refractivity contribution in [2.45, 2.75) is 6.17 Å². The minimum absolute atomic E-state index is 0.800. The summed E-state index contributed by atoms with van der Waals surface area (Å²) >= 11 is 0. The van der Waals surface area contributed by atoms with Crippen LogP contribution in [0.2, 0.25) is 0 Å². The van der Waals surface area contributed by atoms with E-state index in [2.05, 4.69) is 0 Å². The van der Waals surface area contributed by atoms with Gasteiger partial charge in [-0.2, -0.15) is 0 Å². The van der Waals surface area contributed by atoms with Crippen molar-refractivity contribution < 1.29 is 23.1 Å². The van der Waals surface area contributed by atoms with E-state index in [1.54, 1.807) is 0 Å². The molecule has 1 aromatic carbocycles. The largest absolute Gasteiger partial charge is 0.479 e. The Labute approximate surface area is 71.6 Å². The van der Waals surface area contributed by atoms with Crippen LogP contribution in [0.25, 0.3) is 0 Å². The minimum Gasteiger partial charge on any atom is -0.479 e. The SMILES string of the molecule is O=C(O)[C@H](F)c1c(F)cccc1F. The Morgan fingerprint density at radius 3 is 2.15 bits per heavy atom. The fourth-order valence-electron chi connectivity index (χ4n) is 0.876. The number of halogens is 3. The third-order valence-corrected chi connectivity index (χ3v) is 1.47. The number of alkyl halides is 1. The number of rotatable bonds is 2. The number of aliphatic carboxylic acids is 1. The second-order valence-corrected chi connectivity index (χ2v) is 2.34. The summed E-state index contributed by atoms with van der Waals surface area (Å²) in [5.74, 6) is -4.31. The van der Waals surface area contributed by atoms with Crippen LogP contribution >= 0.6 is 0 Å². The Kier molecular flexibility index (Phi) is 2.55. The molecular formula is C8H5F3O2. The molecule has 1 N–H and O–H groups in total. The normalized spacial score (nSPS) is 12.5. The van der Waals surface area contributed by atoms with Gasteiger partial charge in [-0.1, -0.05) is 6.07 Å². The van der Waals surface area contributed by atoms with Gasteiger partial charge in [-0.15, -0.1) is 0 Å². The lowest BCUT2D eigenvalue weighted by Crippen LogP contribution is -2.10. The first-order valence-corrected chi connectivity index (χ1v) is 3.35. The van der Waals surface area contributed by atoms with E-state index in [0.29, 0.717) is 0 Å². The van der Waals surface area contributed by atoms with Crippen molar-refractivity contribution in [3.63, 3.8) is 0 Å². The molecule has 5 heteroatoms. The Hall–Kier alpha value is -1.52. The van der Waals surface area contributed by atoms with Gasteiger partial charge in [-0.25, -0.2) is 18.0 Å². The third kappa shape index (κ3) is 1.80. The van der Waals surface area contributed by atoms with Crippen LogP contribution in [0.5, 0.6) is 0 Å². The van der Waals surface area contributed by atoms with Crippen molar-refractivity contribution in [1.82, 2.24) is 0 Å². The summed E-state index contributed by atoms with van der Waals surface area (Å²) in [6, 6.07) is 2.63. The maximum Gasteiger partial charge on any atom is 0.343 e. The lowest BCUT2D eigenvalue weighted by Gasteiger charge is -2.05. The molecule has 0 heterocycles. The number of hydrogen-bond donors (Lipinski definition) is 1. The van der Waals surface area contributed by atoms with Crippen LogP contribution < -0.4 is 0 Å². The number of carboxylic acid groups (broad SMARTS) is 1. The Balaban J connectivity index is 3.20. The lowest BCUT2D eigenvalue weighted by atomic mass is 10.1. The third-order valence-electron chi connectivity index (χ3n) is 1.47. The van der Waals surface area contributed by atoms with Crippen molar-refractivity contribution in [2.24, 2.45) is 0 Å². The first kappa shape index (κ1) is 9.57. The fourth-order valence-corrected chi connectivity index (χ4v) is 0.876. The standard InChI is InChI=1S/C8H5F3O2/c9-4-2-1-3-5(10)6(4)7(11)8(12)13/h1-3,7H,(H,12,13)/t7-/m1/s1. The first-order chi connectivity index (χ1) is 6.04. The van der Waals surface area contributed by atoms with Gasteiger partial charge in [0.05, 0.1) is 5.56 Å². The van der Waals surface area contributed by atoms with Crippen molar-refractivity contribution in [3.05, 3.63) is 35.4 Å². The van der Waals surface area contributed by atoms with Crippen LogP contribution in [0.1, 0.15) is 11.7 Å². The molecule has 0 saturated carbocycles. The lowest BCUT2D eigenvalue weighted by molar-refractivity contribution is -0.143. The average Bonchev–Trinajstić information content (AvgIpc) is 2.03. The molecule has 0 fully saturated rings. The van der Waals surface area contributed by atoms with E-state index in [9.17, 15) is 18.0 Å². The zero-order valence-corrected chi connectivity index (χ0v) is 6.30. The molecule has 1 atom stereocenters. The highest BCUT2D eigenvalue weighted by atomic mass is 19.2. The van der Waals surface area contributed by atoms with Gasteiger partial charge in [0.2, 0.25) is 6.17 Å². The Bertz CT molecular complexity index is 318. The van der Waals surface area contributed by atoms with Crippen molar-refractivity contribution in [1.29, 1.82) is 0 Å². The number of hydrogen-bond acceptors (Lipinski definition) is 1. The summed E-state index contributed by atoms with van der Waals surface area (Å²) in [4.78, 5) is 10.1.